The summed E-state index contributed by atoms with van der Waals surface area (Å²) in [4.78, 5) is 14.3. The number of nitrogens with zero attached hydrogens (tertiary/aromatic N) is 4. The zero-order chi connectivity index (χ0) is 21.7. The predicted octanol–water partition coefficient (Wildman–Crippen LogP) is 2.46. The molecule has 0 saturated heterocycles. The summed E-state index contributed by atoms with van der Waals surface area (Å²) in [5, 5.41) is 11.7. The minimum atomic E-state index is -0.567. The van der Waals surface area contributed by atoms with E-state index >= 15 is 0 Å². The summed E-state index contributed by atoms with van der Waals surface area (Å²) in [5.74, 6) is 0.624. The van der Waals surface area contributed by atoms with E-state index in [1.54, 1.807) is 0 Å². The van der Waals surface area contributed by atoms with E-state index in [4.69, 9.17) is 4.74 Å². The second-order valence-corrected chi connectivity index (χ2v) is 8.11. The van der Waals surface area contributed by atoms with Crippen molar-refractivity contribution in [1.82, 2.24) is 25.0 Å². The van der Waals surface area contributed by atoms with Crippen LogP contribution in [0.15, 0.2) is 18.2 Å². The normalized spacial score (nSPS) is 15.7. The minimum absolute atomic E-state index is 0.00639. The Balaban J connectivity index is 1.73. The molecule has 1 amide bonds. The van der Waals surface area contributed by atoms with Gasteiger partial charge in [0.1, 0.15) is 24.1 Å². The van der Waals surface area contributed by atoms with Crippen molar-refractivity contribution in [2.75, 3.05) is 26.8 Å². The van der Waals surface area contributed by atoms with E-state index in [0.29, 0.717) is 44.1 Å². The quantitative estimate of drug-likeness (QED) is 0.709. The van der Waals surface area contributed by atoms with Gasteiger partial charge in [0.25, 0.3) is 0 Å². The highest BCUT2D eigenvalue weighted by Gasteiger charge is 2.26. The number of nitrogens with one attached hydrogen (secondary N) is 1. The van der Waals surface area contributed by atoms with Crippen molar-refractivity contribution in [3.05, 3.63) is 47.0 Å². The summed E-state index contributed by atoms with van der Waals surface area (Å²) in [6.07, 6.45) is 1.41. The zero-order valence-corrected chi connectivity index (χ0v) is 17.7. The topological polar surface area (TPSA) is 72.3 Å². The third kappa shape index (κ3) is 5.82. The lowest BCUT2D eigenvalue weighted by Gasteiger charge is -2.22. The molecule has 164 valence electrons. The number of hydrogen-bond acceptors (Lipinski definition) is 5. The van der Waals surface area contributed by atoms with Crippen LogP contribution >= 0.6 is 0 Å². The summed E-state index contributed by atoms with van der Waals surface area (Å²) in [6.45, 7) is 6.68. The molecule has 1 atom stereocenters. The first-order valence-electron chi connectivity index (χ1n) is 10.2. The molecule has 9 heteroatoms. The van der Waals surface area contributed by atoms with Gasteiger partial charge in [-0.2, -0.15) is 0 Å². The van der Waals surface area contributed by atoms with Gasteiger partial charge in [0.2, 0.25) is 5.91 Å². The van der Waals surface area contributed by atoms with Crippen molar-refractivity contribution in [2.45, 2.75) is 45.8 Å². The number of rotatable bonds is 8. The lowest BCUT2D eigenvalue weighted by molar-refractivity contribution is -0.125. The fraction of sp³-hybridized carbons (Fsp3) is 0.571. The number of amides is 1. The lowest BCUT2D eigenvalue weighted by atomic mass is 10.0. The van der Waals surface area contributed by atoms with Gasteiger partial charge in [0, 0.05) is 45.8 Å². The summed E-state index contributed by atoms with van der Waals surface area (Å²) in [6, 6.07) is 3.36. The van der Waals surface area contributed by atoms with E-state index in [0.717, 1.165) is 24.1 Å². The maximum atomic E-state index is 13.5. The number of methoxy groups -OCH3 is 1. The number of fused-ring (bicyclic) bond motifs is 1. The van der Waals surface area contributed by atoms with Crippen LogP contribution in [-0.2, 0) is 29.0 Å². The van der Waals surface area contributed by atoms with Crippen molar-refractivity contribution < 1.29 is 18.3 Å². The average molecular weight is 421 g/mol. The van der Waals surface area contributed by atoms with Crippen LogP contribution < -0.4 is 5.32 Å². The Morgan fingerprint density at radius 2 is 1.90 bits per heavy atom. The van der Waals surface area contributed by atoms with Crippen molar-refractivity contribution in [1.29, 1.82) is 0 Å². The molecule has 1 N–H and O–H groups in total. The zero-order valence-electron chi connectivity index (χ0n) is 17.7. The molecule has 0 bridgehead atoms. The summed E-state index contributed by atoms with van der Waals surface area (Å²) in [7, 11) is 1.49. The van der Waals surface area contributed by atoms with E-state index in [2.05, 4.69) is 38.8 Å². The molecule has 1 aliphatic rings. The van der Waals surface area contributed by atoms with E-state index in [-0.39, 0.29) is 18.6 Å². The fourth-order valence-corrected chi connectivity index (χ4v) is 3.83. The van der Waals surface area contributed by atoms with Gasteiger partial charge >= 0.3 is 0 Å². The van der Waals surface area contributed by atoms with Crippen molar-refractivity contribution in [2.24, 2.45) is 5.92 Å². The Bertz CT molecular complexity index is 851. The molecular formula is C21H29F2N5O2. The third-order valence-corrected chi connectivity index (χ3v) is 5.11. The summed E-state index contributed by atoms with van der Waals surface area (Å²) >= 11 is 0. The number of aromatic nitrogens is 3. The molecule has 0 radical (unpaired) electrons. The largest absolute Gasteiger partial charge is 0.375 e. The van der Waals surface area contributed by atoms with Crippen LogP contribution in [0.4, 0.5) is 8.78 Å². The van der Waals surface area contributed by atoms with Crippen molar-refractivity contribution in [3.8, 4) is 0 Å². The highest BCUT2D eigenvalue weighted by atomic mass is 19.1. The highest BCUT2D eigenvalue weighted by molar-refractivity contribution is 5.77. The van der Waals surface area contributed by atoms with Gasteiger partial charge in [-0.25, -0.2) is 8.78 Å². The van der Waals surface area contributed by atoms with Gasteiger partial charge in [-0.1, -0.05) is 13.8 Å². The molecule has 1 aromatic heterocycles. The van der Waals surface area contributed by atoms with Gasteiger partial charge in [-0.05, 0) is 30.0 Å². The second kappa shape index (κ2) is 10.1. The van der Waals surface area contributed by atoms with E-state index in [1.807, 2.05) is 0 Å². The van der Waals surface area contributed by atoms with Crippen LogP contribution in [0.3, 0.4) is 0 Å². The molecule has 2 aromatic rings. The van der Waals surface area contributed by atoms with Crippen LogP contribution in [0, 0.1) is 17.6 Å². The lowest BCUT2D eigenvalue weighted by Crippen LogP contribution is -2.34. The van der Waals surface area contributed by atoms with Gasteiger partial charge in [-0.15, -0.1) is 10.2 Å². The SMILES string of the molecule is COCC(=O)N[C@@H](CC(C)C)c1nnc2n1CCN(Cc1cc(F)cc(F)c1)CC2. The van der Waals surface area contributed by atoms with Crippen LogP contribution in [0.25, 0.3) is 0 Å². The Morgan fingerprint density at radius 3 is 2.57 bits per heavy atom. The number of carbonyl (C=O) groups is 1. The van der Waals surface area contributed by atoms with Gasteiger partial charge in [0.05, 0.1) is 6.04 Å². The molecule has 0 fully saturated rings. The van der Waals surface area contributed by atoms with Crippen LogP contribution in [-0.4, -0.2) is 52.4 Å². The molecule has 0 unspecified atom stereocenters. The smallest absolute Gasteiger partial charge is 0.246 e. The molecule has 1 aliphatic heterocycles. The molecule has 1 aromatic carbocycles. The first-order valence-corrected chi connectivity index (χ1v) is 10.2. The Labute approximate surface area is 175 Å². The average Bonchev–Trinajstić information content (AvgIpc) is 2.95. The van der Waals surface area contributed by atoms with E-state index in [9.17, 15) is 13.6 Å². The minimum Gasteiger partial charge on any atom is -0.375 e. The third-order valence-electron chi connectivity index (χ3n) is 5.11. The van der Waals surface area contributed by atoms with Gasteiger partial charge < -0.3 is 14.6 Å². The predicted molar refractivity (Wildman–Crippen MR) is 108 cm³/mol. The van der Waals surface area contributed by atoms with Gasteiger partial charge in [-0.3, -0.25) is 9.69 Å². The Hall–Kier alpha value is -2.39. The Morgan fingerprint density at radius 1 is 1.17 bits per heavy atom. The molecule has 0 spiro atoms. The maximum Gasteiger partial charge on any atom is 0.246 e. The summed E-state index contributed by atoms with van der Waals surface area (Å²) in [5.41, 5.74) is 0.606. The number of halogens is 2. The maximum absolute atomic E-state index is 13.5. The second-order valence-electron chi connectivity index (χ2n) is 8.11. The Kier molecular flexibility index (Phi) is 7.49. The molecule has 2 heterocycles. The molecule has 30 heavy (non-hydrogen) atoms. The molecule has 0 aliphatic carbocycles. The summed E-state index contributed by atoms with van der Waals surface area (Å²) < 4.78 is 34.0. The monoisotopic (exact) mass is 421 g/mol. The van der Waals surface area contributed by atoms with Gasteiger partial charge in [0.15, 0.2) is 5.82 Å². The molecular weight excluding hydrogens is 392 g/mol. The fourth-order valence-electron chi connectivity index (χ4n) is 3.83. The number of hydrogen-bond donors (Lipinski definition) is 1. The van der Waals surface area contributed by atoms with Crippen molar-refractivity contribution >= 4 is 5.91 Å². The van der Waals surface area contributed by atoms with E-state index < -0.39 is 11.6 Å². The standard InChI is InChI=1S/C21H29F2N5O2/c1-14(2)8-18(24-20(29)13-30-3)21-26-25-19-4-5-27(6-7-28(19)21)12-15-9-16(22)11-17(23)10-15/h9-11,14,18H,4-8,12-13H2,1-3H3,(H,24,29)/t18-/m0/s1. The van der Waals surface area contributed by atoms with Crippen LogP contribution in [0.2, 0.25) is 0 Å². The van der Waals surface area contributed by atoms with Crippen molar-refractivity contribution in [3.63, 3.8) is 0 Å². The van der Waals surface area contributed by atoms with Crippen LogP contribution in [0.1, 0.15) is 43.5 Å². The van der Waals surface area contributed by atoms with Crippen LogP contribution in [0.5, 0.6) is 0 Å². The molecule has 0 saturated carbocycles. The molecule has 3 rings (SSSR count). The van der Waals surface area contributed by atoms with E-state index in [1.165, 1.54) is 19.2 Å². The number of carbonyl (C=O) groups excluding carboxylic acids is 1. The molecule has 7 nitrogen and oxygen atoms in total. The first kappa shape index (κ1) is 22.3. The number of benzene rings is 1. The highest BCUT2D eigenvalue weighted by Crippen LogP contribution is 2.23. The number of ether oxygens (including phenoxy) is 1. The first-order chi connectivity index (χ1) is 14.4.